The number of aliphatic hydroxyl groups is 6. The summed E-state index contributed by atoms with van der Waals surface area (Å²) < 4.78 is 49.9. The van der Waals surface area contributed by atoms with E-state index in [0.29, 0.717) is 0 Å². The minimum Gasteiger partial charge on any atom is -0.508 e. The molecule has 16 N–H and O–H groups in total. The van der Waals surface area contributed by atoms with Crippen molar-refractivity contribution in [3.63, 3.8) is 0 Å². The molecule has 7 heterocycles. The van der Waals surface area contributed by atoms with Crippen LogP contribution in [0.5, 0.6) is 46.0 Å². The largest absolute Gasteiger partial charge is 0.508 e. The van der Waals surface area contributed by atoms with Gasteiger partial charge >= 0.3 is 0 Å². The van der Waals surface area contributed by atoms with Crippen LogP contribution in [0.15, 0.2) is 78.9 Å². The van der Waals surface area contributed by atoms with E-state index < -0.39 is 228 Å². The normalized spacial score (nSPS) is 27.8. The average Bonchev–Trinajstić information content (AvgIpc) is 0.762. The number of terminal acetylenes is 1. The lowest BCUT2D eigenvalue weighted by Gasteiger charge is -2.48. The van der Waals surface area contributed by atoms with E-state index in [0.717, 1.165) is 49.4 Å². The molecule has 5 aromatic rings. The second-order valence-electron chi connectivity index (χ2n) is 28.9. The Balaban J connectivity index is 1.19. The summed E-state index contributed by atoms with van der Waals surface area (Å²) in [5, 5.41) is 118. The number of nitrogens with two attached hydrogens (primary N) is 1. The van der Waals surface area contributed by atoms with E-state index in [2.05, 4.69) is 32.5 Å². The molecule has 0 saturated carbocycles. The third-order valence-electron chi connectivity index (χ3n) is 20.3. The molecule has 602 valence electrons. The highest BCUT2D eigenvalue weighted by Gasteiger charge is 2.53. The first-order valence-corrected chi connectivity index (χ1v) is 36.9. The van der Waals surface area contributed by atoms with Crippen molar-refractivity contribution in [3.05, 3.63) is 117 Å². The number of hydrogen-bond donors (Lipinski definition) is 15. The number of phenolic OH excluding ortho intramolecular Hbond substituents is 3. The van der Waals surface area contributed by atoms with Crippen LogP contribution >= 0.6 is 23.2 Å². The van der Waals surface area contributed by atoms with Gasteiger partial charge in [-0.05, 0) is 123 Å². The number of benzene rings is 5. The second kappa shape index (κ2) is 36.6. The number of aliphatic hydroxyl groups excluding tert-OH is 6. The van der Waals surface area contributed by atoms with E-state index in [4.69, 9.17) is 73.3 Å². The summed E-state index contributed by atoms with van der Waals surface area (Å²) in [6.45, 7) is 7.00. The van der Waals surface area contributed by atoms with Crippen LogP contribution in [-0.4, -0.2) is 206 Å². The minimum absolute atomic E-state index is 0.0518. The maximum atomic E-state index is 16.3. The summed E-state index contributed by atoms with van der Waals surface area (Å²) in [6.07, 6.45) is -16.7. The lowest BCUT2D eigenvalue weighted by atomic mass is 9.83. The fourth-order valence-electron chi connectivity index (χ4n) is 14.4. The molecule has 2 fully saturated rings. The Morgan fingerprint density at radius 3 is 2.01 bits per heavy atom. The number of primary amides is 1. The van der Waals surface area contributed by atoms with E-state index in [1.807, 2.05) is 13.8 Å². The van der Waals surface area contributed by atoms with Gasteiger partial charge in [0.05, 0.1) is 96.6 Å². The number of carbonyl (C=O) groups is 9. The zero-order valence-electron chi connectivity index (χ0n) is 61.8. The Kier molecular flexibility index (Phi) is 27.8. The molecule has 0 unspecified atom stereocenters. The van der Waals surface area contributed by atoms with Crippen LogP contribution in [-0.2, 0) is 66.8 Å². The Labute approximate surface area is 652 Å². The highest BCUT2D eigenvalue weighted by atomic mass is 35.5. The Bertz CT molecular complexity index is 4440. The van der Waals surface area contributed by atoms with E-state index in [9.17, 15) is 65.1 Å². The summed E-state index contributed by atoms with van der Waals surface area (Å²) in [5.74, 6) is -16.9. The summed E-state index contributed by atoms with van der Waals surface area (Å²) in [6, 6.07) is 8.12. The lowest BCUT2D eigenvalue weighted by Crippen LogP contribution is -2.66. The first-order valence-electron chi connectivity index (χ1n) is 36.1. The number of fused-ring (bicyclic) bond motifs is 15. The number of halogens is 2. The predicted octanol–water partition coefficient (Wildman–Crippen LogP) is 3.89. The van der Waals surface area contributed by atoms with Crippen molar-refractivity contribution in [2.75, 3.05) is 40.1 Å². The Morgan fingerprint density at radius 2 is 1.39 bits per heavy atom. The quantitative estimate of drug-likeness (QED) is 0.0345. The van der Waals surface area contributed by atoms with Crippen molar-refractivity contribution < 1.29 is 127 Å². The van der Waals surface area contributed by atoms with Gasteiger partial charge in [0, 0.05) is 49.3 Å². The first kappa shape index (κ1) is 85.0. The van der Waals surface area contributed by atoms with Crippen LogP contribution in [0.4, 0.5) is 0 Å². The topological polar surface area (TPSA) is 496 Å². The maximum absolute atomic E-state index is 16.3. The van der Waals surface area contributed by atoms with Gasteiger partial charge < -0.3 is 116 Å². The Morgan fingerprint density at radius 1 is 0.741 bits per heavy atom. The summed E-state index contributed by atoms with van der Waals surface area (Å²) in [7, 11) is 1.52. The molecule has 112 heavy (non-hydrogen) atoms. The van der Waals surface area contributed by atoms with Crippen LogP contribution in [0.1, 0.15) is 138 Å². The van der Waals surface area contributed by atoms with Crippen molar-refractivity contribution >= 4 is 75.9 Å². The van der Waals surface area contributed by atoms with Gasteiger partial charge in [0.1, 0.15) is 71.9 Å². The number of amides is 5. The molecule has 11 bridgehead atoms. The number of nitrogens with one attached hydrogen (secondary N) is 5. The molecule has 0 radical (unpaired) electrons. The van der Waals surface area contributed by atoms with Crippen LogP contribution < -0.4 is 46.5 Å². The number of ketones is 4. The maximum Gasteiger partial charge on any atom is 0.230 e. The average molecular weight is 1600 g/mol. The molecule has 12 rings (SSSR count). The van der Waals surface area contributed by atoms with E-state index in [1.54, 1.807) is 0 Å². The lowest BCUT2D eigenvalue weighted by molar-refractivity contribution is -0.334. The third-order valence-corrected chi connectivity index (χ3v) is 20.9. The highest BCUT2D eigenvalue weighted by Crippen LogP contribution is 2.51. The zero-order chi connectivity index (χ0) is 81.5. The van der Waals surface area contributed by atoms with Crippen LogP contribution in [0.2, 0.25) is 10.0 Å². The van der Waals surface area contributed by atoms with Gasteiger partial charge in [-0.2, -0.15) is 0 Å². The van der Waals surface area contributed by atoms with Gasteiger partial charge in [-0.3, -0.25) is 43.2 Å². The first-order chi connectivity index (χ1) is 53.1. The van der Waals surface area contributed by atoms with Gasteiger partial charge in [-0.15, -0.1) is 6.42 Å². The number of phenols is 3. The molecule has 32 nitrogen and oxygen atoms in total. The van der Waals surface area contributed by atoms with Crippen LogP contribution in [0.25, 0.3) is 11.1 Å². The summed E-state index contributed by atoms with van der Waals surface area (Å²) >= 11 is 14.3. The molecule has 0 spiro atoms. The van der Waals surface area contributed by atoms with Crippen molar-refractivity contribution in [1.29, 1.82) is 0 Å². The number of aromatic hydroxyl groups is 3. The van der Waals surface area contributed by atoms with Crippen molar-refractivity contribution in [2.24, 2.45) is 23.5 Å². The zero-order valence-corrected chi connectivity index (χ0v) is 63.3. The van der Waals surface area contributed by atoms with Crippen molar-refractivity contribution in [3.8, 4) is 69.5 Å². The summed E-state index contributed by atoms with van der Waals surface area (Å²) in [5.41, 5.74) is 2.49. The standard InChI is InChI=1S/C78H90Cl2N6O26/c1-8-16-105-18-19-106-17-15-62(96)86-78(6)32-63(107-36(5)73(78)101)111-72-70(100)69(99)60(33-87)110-77(72)112-71-58-24-40-25-59(71)109-57-14-11-39(23-48(57)80)68(98)46-30-55(94)66(37-9-12-51(90)43(21-37)64-44(26-41(89)27-54(64)93)65(35(4)88)84-76(46)104)85-74(102)42(40)28-53(92)50(31-61(81)95)83-75(103)45(29-52(91)49(82-7)20-34(2)3)67(97)38-10-13-56(108-58)47(79)22-38/h1,9-14,21-27,34,36,42,45-46,49-50,60,63,65-70,72-73,77,82,87,89-90,93,97-101H,15-20,28-33H2,2-7H3,(H2,81,95)(H,83,103)(H,84,104)(H,85,102)(H,86,96)/t36-,42+,45+,46-,49+,50-,60+,63-,65+,66+,67+,68+,69+,70-,72+,73+,77-,78-/m0/s1. The number of rotatable bonds is 22. The van der Waals surface area contributed by atoms with Gasteiger partial charge in [0.2, 0.25) is 41.6 Å². The fourth-order valence-corrected chi connectivity index (χ4v) is 14.9. The molecule has 0 aliphatic carbocycles. The van der Waals surface area contributed by atoms with Gasteiger partial charge in [0.25, 0.3) is 0 Å². The number of likely N-dealkylation sites (N-methyl/N-ethyl adjacent to an activating group) is 1. The molecule has 7 aliphatic heterocycles. The van der Waals surface area contributed by atoms with Gasteiger partial charge in [-0.1, -0.05) is 61.2 Å². The highest BCUT2D eigenvalue weighted by molar-refractivity contribution is 6.32. The molecule has 34 heteroatoms. The fraction of sp³-hybridized carbons (Fsp3) is 0.474. The van der Waals surface area contributed by atoms with E-state index in [1.165, 1.54) is 57.3 Å². The van der Waals surface area contributed by atoms with Crippen LogP contribution in [0.3, 0.4) is 0 Å². The van der Waals surface area contributed by atoms with Crippen LogP contribution in [0, 0.1) is 30.1 Å². The molecule has 0 aromatic heterocycles. The van der Waals surface area contributed by atoms with Gasteiger partial charge in [0.15, 0.2) is 47.0 Å². The molecule has 18 atom stereocenters. The molecule has 5 aromatic carbocycles. The van der Waals surface area contributed by atoms with Crippen molar-refractivity contribution in [1.82, 2.24) is 26.6 Å². The minimum atomic E-state index is -2.09. The molecule has 5 amide bonds. The molecule has 7 aliphatic rings. The third kappa shape index (κ3) is 19.4. The predicted molar refractivity (Wildman–Crippen MR) is 395 cm³/mol. The SMILES string of the molecule is C#CCOCCOCCC(=O)N[C@@]1(C)C[C@H](O[C@H]2[C@H](Oc3c4cc5cc3Oc3ccc(cc3Cl)[C@@H](O)[C@@H](CC(=O)[C@@H](CC(C)C)NC)C(=O)N[C@@H](CC(N)=O)C(=O)C[C@H]5C(=O)N[C@H]3C(=O)C[C@H](C(=O)N[C@H](C(C)=O)c5cc(O)cc(O)c5-c5cc3ccc5O)[C@H](O)c3ccc(c(Cl)c3)O4)O[C@H](CO)[C@@H](O)[C@@H]2O)O[C@@H](C)[C@H]1O. The Hall–Kier alpha value is -9.41. The molecule has 2 saturated heterocycles. The van der Waals surface area contributed by atoms with E-state index in [-0.39, 0.29) is 112 Å². The smallest absolute Gasteiger partial charge is 0.230 e. The monoisotopic (exact) mass is 1600 g/mol. The second-order valence-corrected chi connectivity index (χ2v) is 29.7. The summed E-state index contributed by atoms with van der Waals surface area (Å²) in [4.78, 5) is 133. The van der Waals surface area contributed by atoms with Gasteiger partial charge in [-0.25, -0.2) is 0 Å². The molecular formula is C78H90Cl2N6O26. The van der Waals surface area contributed by atoms with Crippen molar-refractivity contribution in [2.45, 2.75) is 177 Å². The number of hydrogen-bond acceptors (Lipinski definition) is 27. The number of carbonyl (C=O) groups excluding carboxylic acids is 9. The molecular weight excluding hydrogens is 1510 g/mol. The number of Topliss-reactive ketones (excluding diaryl/α,β-unsaturated/α-hetero) is 4. The number of ether oxygens (including phenoxy) is 8. The van der Waals surface area contributed by atoms with E-state index >= 15 is 24.0 Å².